The standard InChI is InChI=1S/C43H80N6O12/c1-5-6-7-8-9-10-11-12-13-14-15-16-17-18-19-23-35(52)46-26-21-20-22-33(42(57)58)49(36(53)25-24-32(40(45)55)48-41(56)30(3)44)27-29(2)60-39-37(47-31(4)51)43(59)61-34(28-50)38(39)54/h29-30,32-34,37-39,43,50,54,59H,5-28,44H2,1-4H3,(H2,45,55)(H,46,52)(H,47,51)(H,48,56)(H,57,58)/t29?,30-,32+,33-,34+,37+,38+,39+,43-/m0/s1. The Morgan fingerprint density at radius 3 is 1.85 bits per heavy atom. The zero-order valence-corrected chi connectivity index (χ0v) is 37.3. The highest BCUT2D eigenvalue weighted by atomic mass is 16.6. The van der Waals surface area contributed by atoms with Gasteiger partial charge in [-0.1, -0.05) is 96.8 Å². The lowest BCUT2D eigenvalue weighted by Crippen LogP contribution is -2.65. The average Bonchev–Trinajstić information content (AvgIpc) is 3.20. The number of aliphatic hydroxyl groups excluding tert-OH is 3. The first-order valence-electron chi connectivity index (χ1n) is 22.7. The fourth-order valence-electron chi connectivity index (χ4n) is 7.47. The molecule has 1 unspecified atom stereocenters. The highest BCUT2D eigenvalue weighted by Crippen LogP contribution is 2.25. The van der Waals surface area contributed by atoms with Gasteiger partial charge in [-0.05, 0) is 46.0 Å². The number of ether oxygens (including phenoxy) is 2. The molecule has 354 valence electrons. The summed E-state index contributed by atoms with van der Waals surface area (Å²) in [7, 11) is 0. The molecular formula is C43H80N6O12. The fraction of sp³-hybridized carbons (Fsp3) is 0.860. The van der Waals surface area contributed by atoms with Crippen LogP contribution in [0.3, 0.4) is 0 Å². The van der Waals surface area contributed by atoms with Crippen molar-refractivity contribution in [3.05, 3.63) is 0 Å². The SMILES string of the molecule is CCCCCCCCCCCCCCCCCC(=O)NCCCC[C@@H](C(=O)O)N(CC(C)O[C@H]1[C@H](O)[C@@H](CO)O[C@H](O)[C@@H]1NC(C)=O)C(=O)CC[C@@H](NC(=O)[C@H](C)N)C(N)=O. The molecule has 0 spiro atoms. The van der Waals surface area contributed by atoms with Gasteiger partial charge in [0.1, 0.15) is 36.4 Å². The number of nitrogens with zero attached hydrogens (tertiary/aromatic N) is 1. The molecule has 1 fully saturated rings. The number of amides is 5. The Bertz CT molecular complexity index is 1290. The third-order valence-corrected chi connectivity index (χ3v) is 11.0. The molecule has 1 rings (SSSR count). The number of aliphatic carboxylic acids is 1. The number of nitrogens with one attached hydrogen (secondary N) is 3. The number of primary amides is 1. The van der Waals surface area contributed by atoms with Crippen LogP contribution in [0.5, 0.6) is 0 Å². The van der Waals surface area contributed by atoms with E-state index >= 15 is 0 Å². The monoisotopic (exact) mass is 873 g/mol. The number of unbranched alkanes of at least 4 members (excludes halogenated alkanes) is 15. The Balaban J connectivity index is 2.77. The molecular weight excluding hydrogens is 793 g/mol. The van der Waals surface area contributed by atoms with Crippen molar-refractivity contribution in [2.45, 2.75) is 217 Å². The maximum absolute atomic E-state index is 13.8. The van der Waals surface area contributed by atoms with Gasteiger partial charge in [0, 0.05) is 32.9 Å². The van der Waals surface area contributed by atoms with Crippen LogP contribution in [0.4, 0.5) is 0 Å². The molecule has 18 heteroatoms. The summed E-state index contributed by atoms with van der Waals surface area (Å²) in [6, 6.07) is -4.90. The van der Waals surface area contributed by atoms with E-state index in [1.165, 1.54) is 97.8 Å². The van der Waals surface area contributed by atoms with E-state index in [1.807, 2.05) is 0 Å². The Morgan fingerprint density at radius 1 is 0.803 bits per heavy atom. The fourth-order valence-corrected chi connectivity index (χ4v) is 7.47. The van der Waals surface area contributed by atoms with Crippen molar-refractivity contribution in [1.29, 1.82) is 0 Å². The second-order valence-electron chi connectivity index (χ2n) is 16.6. The van der Waals surface area contributed by atoms with Gasteiger partial charge in [0.15, 0.2) is 6.29 Å². The van der Waals surface area contributed by atoms with Crippen LogP contribution in [0, 0.1) is 0 Å². The normalized spacial score (nSPS) is 20.8. The number of carbonyl (C=O) groups is 6. The number of hydrogen-bond donors (Lipinski definition) is 9. The van der Waals surface area contributed by atoms with Crippen molar-refractivity contribution in [2.75, 3.05) is 19.7 Å². The van der Waals surface area contributed by atoms with Crippen molar-refractivity contribution in [3.63, 3.8) is 0 Å². The van der Waals surface area contributed by atoms with Gasteiger partial charge in [-0.3, -0.25) is 24.0 Å². The maximum Gasteiger partial charge on any atom is 0.326 e. The molecule has 1 aliphatic heterocycles. The van der Waals surface area contributed by atoms with E-state index in [9.17, 15) is 49.2 Å². The molecule has 0 aromatic heterocycles. The first-order chi connectivity index (χ1) is 29.0. The number of carboxylic acids is 1. The summed E-state index contributed by atoms with van der Waals surface area (Å²) in [5.74, 6) is -4.28. The largest absolute Gasteiger partial charge is 0.480 e. The van der Waals surface area contributed by atoms with Gasteiger partial charge in [0.05, 0.1) is 18.8 Å². The molecule has 11 N–H and O–H groups in total. The van der Waals surface area contributed by atoms with E-state index in [1.54, 1.807) is 0 Å². The average molecular weight is 873 g/mol. The Morgan fingerprint density at radius 2 is 1.36 bits per heavy atom. The zero-order chi connectivity index (χ0) is 45.7. The lowest BCUT2D eigenvalue weighted by molar-refractivity contribution is -0.268. The summed E-state index contributed by atoms with van der Waals surface area (Å²) >= 11 is 0. The minimum Gasteiger partial charge on any atom is -0.480 e. The van der Waals surface area contributed by atoms with Crippen molar-refractivity contribution in [3.8, 4) is 0 Å². The lowest BCUT2D eigenvalue weighted by atomic mass is 9.96. The molecule has 0 aromatic rings. The number of hydrogen-bond acceptors (Lipinski definition) is 12. The van der Waals surface area contributed by atoms with E-state index < -0.39 is 97.5 Å². The number of aliphatic hydroxyl groups is 3. The molecule has 61 heavy (non-hydrogen) atoms. The third kappa shape index (κ3) is 23.6. The van der Waals surface area contributed by atoms with Crippen LogP contribution >= 0.6 is 0 Å². The van der Waals surface area contributed by atoms with Gasteiger partial charge < -0.3 is 62.2 Å². The number of carboxylic acid groups (broad SMARTS) is 1. The Kier molecular flexibility index (Phi) is 29.4. The van der Waals surface area contributed by atoms with Crippen LogP contribution in [-0.2, 0) is 38.2 Å². The van der Waals surface area contributed by atoms with E-state index in [2.05, 4.69) is 22.9 Å². The Labute approximate surface area is 363 Å². The van der Waals surface area contributed by atoms with E-state index in [0.717, 1.165) is 24.2 Å². The molecule has 5 amide bonds. The zero-order valence-electron chi connectivity index (χ0n) is 37.3. The van der Waals surface area contributed by atoms with Gasteiger partial charge in [-0.2, -0.15) is 0 Å². The highest BCUT2D eigenvalue weighted by molar-refractivity contribution is 5.89. The summed E-state index contributed by atoms with van der Waals surface area (Å²) < 4.78 is 11.3. The summed E-state index contributed by atoms with van der Waals surface area (Å²) in [6.07, 6.45) is 12.2. The number of rotatable bonds is 35. The molecule has 0 aliphatic carbocycles. The highest BCUT2D eigenvalue weighted by Gasteiger charge is 2.46. The first-order valence-corrected chi connectivity index (χ1v) is 22.7. The van der Waals surface area contributed by atoms with Gasteiger partial charge in [0.2, 0.25) is 29.5 Å². The molecule has 1 heterocycles. The Hall–Kier alpha value is -3.42. The van der Waals surface area contributed by atoms with Crippen LogP contribution in [0.15, 0.2) is 0 Å². The van der Waals surface area contributed by atoms with E-state index in [0.29, 0.717) is 25.8 Å². The minimum absolute atomic E-state index is 0.0108. The second-order valence-corrected chi connectivity index (χ2v) is 16.6. The van der Waals surface area contributed by atoms with Crippen molar-refractivity contribution >= 4 is 35.5 Å². The van der Waals surface area contributed by atoms with Crippen LogP contribution < -0.4 is 27.4 Å². The topological polar surface area (TPSA) is 293 Å². The quantitative estimate of drug-likeness (QED) is 0.0414. The van der Waals surface area contributed by atoms with Gasteiger partial charge >= 0.3 is 5.97 Å². The summed E-state index contributed by atoms with van der Waals surface area (Å²) in [5, 5.41) is 49.3. The molecule has 1 aliphatic rings. The van der Waals surface area contributed by atoms with Crippen molar-refractivity contribution in [1.82, 2.24) is 20.9 Å². The van der Waals surface area contributed by atoms with Crippen molar-refractivity contribution < 1.29 is 58.7 Å². The molecule has 0 radical (unpaired) electrons. The molecule has 0 saturated carbocycles. The number of carbonyl (C=O) groups excluding carboxylic acids is 5. The first kappa shape index (κ1) is 55.6. The number of nitrogens with two attached hydrogens (primary N) is 2. The molecule has 9 atom stereocenters. The summed E-state index contributed by atoms with van der Waals surface area (Å²) in [5.41, 5.74) is 11.1. The van der Waals surface area contributed by atoms with Crippen molar-refractivity contribution in [2.24, 2.45) is 11.5 Å². The second kappa shape index (κ2) is 32.3. The van der Waals surface area contributed by atoms with Crippen LogP contribution in [0.25, 0.3) is 0 Å². The third-order valence-electron chi connectivity index (χ3n) is 11.0. The predicted octanol–water partition coefficient (Wildman–Crippen LogP) is 2.26. The van der Waals surface area contributed by atoms with Crippen LogP contribution in [0.1, 0.15) is 163 Å². The minimum atomic E-state index is -1.67. The van der Waals surface area contributed by atoms with E-state index in [-0.39, 0.29) is 25.3 Å². The van der Waals surface area contributed by atoms with Gasteiger partial charge in [-0.25, -0.2) is 4.79 Å². The smallest absolute Gasteiger partial charge is 0.326 e. The lowest BCUT2D eigenvalue weighted by Gasteiger charge is -2.44. The van der Waals surface area contributed by atoms with Crippen LogP contribution in [0.2, 0.25) is 0 Å². The van der Waals surface area contributed by atoms with Gasteiger partial charge in [-0.15, -0.1) is 0 Å². The summed E-state index contributed by atoms with van der Waals surface area (Å²) in [6.45, 7) is 5.59. The van der Waals surface area contributed by atoms with Crippen LogP contribution in [-0.4, -0.2) is 135 Å². The molecule has 0 aromatic carbocycles. The maximum atomic E-state index is 13.8. The molecule has 18 nitrogen and oxygen atoms in total. The molecule has 0 bridgehead atoms. The van der Waals surface area contributed by atoms with Gasteiger partial charge in [0.25, 0.3) is 0 Å². The van der Waals surface area contributed by atoms with E-state index in [4.69, 9.17) is 20.9 Å². The molecule has 1 saturated heterocycles. The predicted molar refractivity (Wildman–Crippen MR) is 229 cm³/mol. The summed E-state index contributed by atoms with van der Waals surface area (Å²) in [4.78, 5) is 76.3.